The molecule has 3 N–H and O–H groups in total. The van der Waals surface area contributed by atoms with Crippen LogP contribution in [-0.4, -0.2) is 18.6 Å². The monoisotopic (exact) mass is 231 g/mol. The van der Waals surface area contributed by atoms with E-state index in [1.54, 1.807) is 6.07 Å². The maximum atomic E-state index is 12.0. The maximum absolute atomic E-state index is 12.0. The van der Waals surface area contributed by atoms with Crippen molar-refractivity contribution >= 4 is 5.97 Å². The van der Waals surface area contributed by atoms with E-state index in [1.165, 1.54) is 18.2 Å². The molecule has 1 aromatic rings. The molecule has 0 radical (unpaired) electrons. The van der Waals surface area contributed by atoms with E-state index in [-0.39, 0.29) is 12.2 Å². The van der Waals surface area contributed by atoms with Crippen LogP contribution in [0.5, 0.6) is 5.75 Å². The fraction of sp³-hybridized carbons (Fsp3) is 0.300. The quantitative estimate of drug-likeness (QED) is 0.720. The number of benzene rings is 1. The van der Waals surface area contributed by atoms with Crippen LogP contribution in [-0.2, 0) is 11.2 Å². The van der Waals surface area contributed by atoms with Crippen molar-refractivity contribution in [3.63, 3.8) is 0 Å². The molecule has 0 aliphatic heterocycles. The Morgan fingerprint density at radius 1 is 1.44 bits per heavy atom. The average molecular weight is 231 g/mol. The first kappa shape index (κ1) is 12.4. The van der Waals surface area contributed by atoms with Crippen molar-refractivity contribution in [1.29, 1.82) is 0 Å². The molecule has 0 bridgehead atoms. The molecule has 0 spiro atoms. The smallest absolute Gasteiger partial charge is 0.387 e. The number of carbonyl (C=O) groups excluding carboxylic acids is 1. The highest BCUT2D eigenvalue weighted by atomic mass is 19.3. The third kappa shape index (κ3) is 3.47. The molecule has 4 nitrogen and oxygen atoms in total. The number of carboxylic acids is 1. The molecule has 0 fully saturated rings. The molecule has 88 valence electrons. The Balaban J connectivity index is 2.82. The minimum atomic E-state index is -2.94. The average Bonchev–Trinajstić information content (AvgIpc) is 2.20. The number of hydrogen-bond acceptors (Lipinski definition) is 3. The summed E-state index contributed by atoms with van der Waals surface area (Å²) in [6.07, 6.45) is -0.00870. The highest BCUT2D eigenvalue weighted by molar-refractivity contribution is 5.69. The van der Waals surface area contributed by atoms with E-state index in [1.807, 2.05) is 0 Å². The lowest BCUT2D eigenvalue weighted by Crippen LogP contribution is -2.69. The van der Waals surface area contributed by atoms with Crippen molar-refractivity contribution in [2.24, 2.45) is 0 Å². The maximum Gasteiger partial charge on any atom is 0.387 e. The summed E-state index contributed by atoms with van der Waals surface area (Å²) in [6, 6.07) is 5.00. The summed E-state index contributed by atoms with van der Waals surface area (Å²) >= 11 is 0. The molecule has 0 unspecified atom stereocenters. The molecule has 0 amide bonds. The van der Waals surface area contributed by atoms with Crippen LogP contribution in [0.2, 0.25) is 0 Å². The van der Waals surface area contributed by atoms with Gasteiger partial charge in [0, 0.05) is 12.0 Å². The van der Waals surface area contributed by atoms with E-state index < -0.39 is 18.6 Å². The van der Waals surface area contributed by atoms with Gasteiger partial charge in [0.25, 0.3) is 0 Å². The third-order valence-electron chi connectivity index (χ3n) is 1.99. The van der Waals surface area contributed by atoms with Crippen LogP contribution in [0, 0.1) is 0 Å². The van der Waals surface area contributed by atoms with Gasteiger partial charge in [0.05, 0.1) is 5.97 Å². The van der Waals surface area contributed by atoms with Gasteiger partial charge in [0.1, 0.15) is 11.8 Å². The highest BCUT2D eigenvalue weighted by Gasteiger charge is 2.14. The number of carboxylic acid groups (broad SMARTS) is 1. The summed E-state index contributed by atoms with van der Waals surface area (Å²) in [6.45, 7) is -2.94. The van der Waals surface area contributed by atoms with Crippen LogP contribution in [0.3, 0.4) is 0 Å². The van der Waals surface area contributed by atoms with Crippen molar-refractivity contribution < 1.29 is 29.2 Å². The Labute approximate surface area is 90.6 Å². The topological polar surface area (TPSA) is 77.0 Å². The first-order valence-electron chi connectivity index (χ1n) is 4.57. The number of alkyl halides is 2. The number of ether oxygens (including phenoxy) is 1. The zero-order valence-electron chi connectivity index (χ0n) is 8.36. The third-order valence-corrected chi connectivity index (χ3v) is 1.99. The second-order valence-corrected chi connectivity index (χ2v) is 3.21. The van der Waals surface area contributed by atoms with Gasteiger partial charge in [-0.25, -0.2) is 0 Å². The number of halogens is 2. The minimum Gasteiger partial charge on any atom is -0.544 e. The summed E-state index contributed by atoms with van der Waals surface area (Å²) < 4.78 is 28.3. The summed E-state index contributed by atoms with van der Waals surface area (Å²) in [5, 5.41) is 10.5. The van der Waals surface area contributed by atoms with Crippen molar-refractivity contribution in [3.05, 3.63) is 29.8 Å². The van der Waals surface area contributed by atoms with E-state index in [4.69, 9.17) is 0 Å². The summed E-state index contributed by atoms with van der Waals surface area (Å²) in [7, 11) is 0. The van der Waals surface area contributed by atoms with Gasteiger partial charge in [-0.3, -0.25) is 0 Å². The molecule has 0 aromatic heterocycles. The zero-order valence-corrected chi connectivity index (χ0v) is 8.36. The van der Waals surface area contributed by atoms with Gasteiger partial charge in [0.15, 0.2) is 0 Å². The van der Waals surface area contributed by atoms with Crippen LogP contribution in [0.1, 0.15) is 5.56 Å². The number of aliphatic carboxylic acids is 1. The predicted octanol–water partition coefficient (Wildman–Crippen LogP) is -0.809. The Morgan fingerprint density at radius 3 is 2.62 bits per heavy atom. The molecule has 0 aliphatic carbocycles. The molecular weight excluding hydrogens is 220 g/mol. The Kier molecular flexibility index (Phi) is 4.19. The lowest BCUT2D eigenvalue weighted by molar-refractivity contribution is -0.437. The van der Waals surface area contributed by atoms with Gasteiger partial charge in [-0.05, 0) is 6.07 Å². The van der Waals surface area contributed by atoms with Crippen molar-refractivity contribution in [2.45, 2.75) is 19.1 Å². The van der Waals surface area contributed by atoms with Crippen molar-refractivity contribution in [2.75, 3.05) is 0 Å². The van der Waals surface area contributed by atoms with Gasteiger partial charge in [-0.15, -0.1) is 0 Å². The lowest BCUT2D eigenvalue weighted by Gasteiger charge is -2.13. The van der Waals surface area contributed by atoms with Crippen LogP contribution in [0.15, 0.2) is 24.3 Å². The van der Waals surface area contributed by atoms with E-state index in [0.717, 1.165) is 0 Å². The van der Waals surface area contributed by atoms with E-state index in [9.17, 15) is 18.7 Å². The molecule has 1 aromatic carbocycles. The lowest BCUT2D eigenvalue weighted by atomic mass is 10.1. The zero-order chi connectivity index (χ0) is 12.1. The molecule has 16 heavy (non-hydrogen) atoms. The van der Waals surface area contributed by atoms with E-state index >= 15 is 0 Å². The molecule has 0 saturated heterocycles. The Bertz CT molecular complexity index is 371. The van der Waals surface area contributed by atoms with Crippen LogP contribution in [0.25, 0.3) is 0 Å². The van der Waals surface area contributed by atoms with Gasteiger partial charge >= 0.3 is 6.61 Å². The standard InChI is InChI=1S/C10H11F2NO3/c11-10(12)16-8-4-2-1-3-6(8)5-7(13)9(14)15/h1-4,7,10H,5,13H2,(H,14,15)/t7-/m0/s1. The van der Waals surface area contributed by atoms with E-state index in [2.05, 4.69) is 10.5 Å². The number of rotatable bonds is 5. The second-order valence-electron chi connectivity index (χ2n) is 3.21. The first-order valence-corrected chi connectivity index (χ1v) is 4.57. The first-order chi connectivity index (χ1) is 7.50. The molecule has 0 heterocycles. The molecule has 0 saturated carbocycles. The largest absolute Gasteiger partial charge is 0.544 e. The molecule has 0 aliphatic rings. The summed E-state index contributed by atoms with van der Waals surface area (Å²) in [5.74, 6) is -1.36. The Hall–Kier alpha value is -1.69. The van der Waals surface area contributed by atoms with Crippen molar-refractivity contribution in [3.8, 4) is 5.75 Å². The van der Waals surface area contributed by atoms with Crippen molar-refractivity contribution in [1.82, 2.24) is 0 Å². The van der Waals surface area contributed by atoms with Gasteiger partial charge in [-0.2, -0.15) is 8.78 Å². The normalized spacial score (nSPS) is 12.5. The Morgan fingerprint density at radius 2 is 2.06 bits per heavy atom. The van der Waals surface area contributed by atoms with Gasteiger partial charge in [0.2, 0.25) is 0 Å². The summed E-state index contributed by atoms with van der Waals surface area (Å²) in [4.78, 5) is 10.5. The number of quaternary nitrogens is 1. The molecular formula is C10H11F2NO3. The van der Waals surface area contributed by atoms with Crippen LogP contribution < -0.4 is 15.6 Å². The van der Waals surface area contributed by atoms with Crippen LogP contribution in [0.4, 0.5) is 8.78 Å². The molecule has 1 atom stereocenters. The number of carbonyl (C=O) groups is 1. The predicted molar refractivity (Wildman–Crippen MR) is 48.5 cm³/mol. The molecule has 1 rings (SSSR count). The SMILES string of the molecule is [NH3+][C@@H](Cc1ccccc1OC(F)F)C(=O)[O-]. The van der Waals surface area contributed by atoms with Gasteiger partial charge in [-0.1, -0.05) is 18.2 Å². The minimum absolute atomic E-state index is 0.00870. The van der Waals surface area contributed by atoms with Gasteiger partial charge < -0.3 is 20.4 Å². The fourth-order valence-electron chi connectivity index (χ4n) is 1.23. The highest BCUT2D eigenvalue weighted by Crippen LogP contribution is 2.20. The van der Waals surface area contributed by atoms with E-state index in [0.29, 0.717) is 5.56 Å². The number of hydrogen-bond donors (Lipinski definition) is 1. The number of para-hydroxylation sites is 1. The second kappa shape index (κ2) is 5.41. The summed E-state index contributed by atoms with van der Waals surface area (Å²) in [5.41, 5.74) is 3.72. The molecule has 6 heteroatoms. The fourth-order valence-corrected chi connectivity index (χ4v) is 1.23. The van der Waals surface area contributed by atoms with Crippen LogP contribution >= 0.6 is 0 Å².